The average Bonchev–Trinajstić information content (AvgIpc) is 2.57. The lowest BCUT2D eigenvalue weighted by Crippen LogP contribution is -2.23. The van der Waals surface area contributed by atoms with Crippen LogP contribution in [0.4, 0.5) is 4.39 Å². The largest absolute Gasteiger partial charge is 0.294 e. The molecular formula is C17H16FN3O3S. The predicted octanol–water partition coefficient (Wildman–Crippen LogP) is 1.83. The van der Waals surface area contributed by atoms with Crippen molar-refractivity contribution in [3.8, 4) is 0 Å². The Morgan fingerprint density at radius 2 is 1.92 bits per heavy atom. The van der Waals surface area contributed by atoms with Gasteiger partial charge in [0.1, 0.15) is 5.82 Å². The normalized spacial score (nSPS) is 12.0. The third-order valence-electron chi connectivity index (χ3n) is 3.82. The lowest BCUT2D eigenvalue weighted by molar-refractivity contribution is 0.520. The van der Waals surface area contributed by atoms with Gasteiger partial charge in [-0.15, -0.1) is 0 Å². The standard InChI is InChI=1S/C17H16FN3O3S/c1-20(2)25(23,24)14-5-3-4-12(8-14)10-21-11-19-16-9-13(18)6-7-15(16)17(21)22/h3-9,11H,10H2,1-2H3. The first kappa shape index (κ1) is 17.2. The molecule has 1 heterocycles. The van der Waals surface area contributed by atoms with E-state index >= 15 is 0 Å². The molecule has 25 heavy (non-hydrogen) atoms. The highest BCUT2D eigenvalue weighted by molar-refractivity contribution is 7.89. The minimum Gasteiger partial charge on any atom is -0.294 e. The van der Waals surface area contributed by atoms with Crippen LogP contribution in [0.15, 0.2) is 58.5 Å². The van der Waals surface area contributed by atoms with Gasteiger partial charge in [-0.2, -0.15) is 0 Å². The summed E-state index contributed by atoms with van der Waals surface area (Å²) in [6.45, 7) is 0.163. The van der Waals surface area contributed by atoms with E-state index in [-0.39, 0.29) is 22.5 Å². The van der Waals surface area contributed by atoms with Gasteiger partial charge in [0.05, 0.1) is 28.7 Å². The summed E-state index contributed by atoms with van der Waals surface area (Å²) in [6.07, 6.45) is 1.33. The zero-order valence-corrected chi connectivity index (χ0v) is 14.5. The van der Waals surface area contributed by atoms with E-state index in [0.717, 1.165) is 4.31 Å². The molecule has 0 spiro atoms. The molecule has 0 aliphatic rings. The first-order valence-electron chi connectivity index (χ1n) is 7.45. The molecule has 0 fully saturated rings. The van der Waals surface area contributed by atoms with Crippen molar-refractivity contribution in [3.63, 3.8) is 0 Å². The van der Waals surface area contributed by atoms with E-state index < -0.39 is 15.8 Å². The Morgan fingerprint density at radius 1 is 1.16 bits per heavy atom. The first-order chi connectivity index (χ1) is 11.8. The molecule has 0 aliphatic heterocycles. The maximum atomic E-state index is 13.2. The van der Waals surface area contributed by atoms with Gasteiger partial charge in [0, 0.05) is 20.2 Å². The van der Waals surface area contributed by atoms with Crippen molar-refractivity contribution >= 4 is 20.9 Å². The molecule has 3 aromatic rings. The fraction of sp³-hybridized carbons (Fsp3) is 0.176. The van der Waals surface area contributed by atoms with Crippen LogP contribution in [0.5, 0.6) is 0 Å². The topological polar surface area (TPSA) is 72.3 Å². The molecule has 0 aliphatic carbocycles. The Bertz CT molecular complexity index is 1110. The third kappa shape index (κ3) is 3.31. The van der Waals surface area contributed by atoms with Gasteiger partial charge in [-0.05, 0) is 29.8 Å². The predicted molar refractivity (Wildman–Crippen MR) is 92.4 cm³/mol. The van der Waals surface area contributed by atoms with Crippen molar-refractivity contribution < 1.29 is 12.8 Å². The molecule has 3 rings (SSSR count). The zero-order valence-electron chi connectivity index (χ0n) is 13.7. The minimum atomic E-state index is -3.55. The summed E-state index contributed by atoms with van der Waals surface area (Å²) < 4.78 is 40.2. The van der Waals surface area contributed by atoms with Crippen molar-refractivity contribution in [2.45, 2.75) is 11.4 Å². The summed E-state index contributed by atoms with van der Waals surface area (Å²) in [5.74, 6) is -0.459. The first-order valence-corrected chi connectivity index (χ1v) is 8.89. The van der Waals surface area contributed by atoms with Crippen LogP contribution >= 0.6 is 0 Å². The number of halogens is 1. The number of rotatable bonds is 4. The van der Waals surface area contributed by atoms with Crippen molar-refractivity contribution in [2.24, 2.45) is 0 Å². The molecule has 130 valence electrons. The van der Waals surface area contributed by atoms with Crippen LogP contribution in [0, 0.1) is 5.82 Å². The molecule has 0 amide bonds. The summed E-state index contributed by atoms with van der Waals surface area (Å²) >= 11 is 0. The minimum absolute atomic E-state index is 0.152. The third-order valence-corrected chi connectivity index (χ3v) is 5.63. The van der Waals surface area contributed by atoms with Gasteiger partial charge in [0.25, 0.3) is 5.56 Å². The molecule has 0 saturated carbocycles. The van der Waals surface area contributed by atoms with E-state index in [1.807, 2.05) is 0 Å². The molecular weight excluding hydrogens is 345 g/mol. The van der Waals surface area contributed by atoms with Crippen molar-refractivity contribution in [2.75, 3.05) is 14.1 Å². The van der Waals surface area contributed by atoms with E-state index in [1.54, 1.807) is 12.1 Å². The van der Waals surface area contributed by atoms with Crippen LogP contribution < -0.4 is 5.56 Å². The van der Waals surface area contributed by atoms with E-state index in [0.29, 0.717) is 10.9 Å². The number of hydrogen-bond donors (Lipinski definition) is 0. The number of nitrogens with zero attached hydrogens (tertiary/aromatic N) is 3. The van der Waals surface area contributed by atoms with Gasteiger partial charge in [0.15, 0.2) is 0 Å². The Balaban J connectivity index is 2.01. The van der Waals surface area contributed by atoms with Crippen molar-refractivity contribution in [3.05, 3.63) is 70.5 Å². The highest BCUT2D eigenvalue weighted by Gasteiger charge is 2.17. The fourth-order valence-electron chi connectivity index (χ4n) is 2.46. The maximum absolute atomic E-state index is 13.2. The van der Waals surface area contributed by atoms with E-state index in [1.165, 1.54) is 55.3 Å². The number of fused-ring (bicyclic) bond motifs is 1. The molecule has 8 heteroatoms. The molecule has 6 nitrogen and oxygen atoms in total. The lowest BCUT2D eigenvalue weighted by Gasteiger charge is -2.13. The van der Waals surface area contributed by atoms with Crippen LogP contribution in [0.2, 0.25) is 0 Å². The van der Waals surface area contributed by atoms with E-state index in [2.05, 4.69) is 4.98 Å². The molecule has 0 N–H and O–H groups in total. The van der Waals surface area contributed by atoms with Gasteiger partial charge in [-0.25, -0.2) is 22.1 Å². The van der Waals surface area contributed by atoms with Gasteiger partial charge in [-0.3, -0.25) is 9.36 Å². The smallest absolute Gasteiger partial charge is 0.261 e. The second-order valence-corrected chi connectivity index (χ2v) is 7.93. The molecule has 0 unspecified atom stereocenters. The van der Waals surface area contributed by atoms with Crippen LogP contribution in [-0.4, -0.2) is 36.4 Å². The number of aromatic nitrogens is 2. The van der Waals surface area contributed by atoms with Crippen molar-refractivity contribution in [1.29, 1.82) is 0 Å². The quantitative estimate of drug-likeness (QED) is 0.711. The number of benzene rings is 2. The summed E-state index contributed by atoms with van der Waals surface area (Å²) in [7, 11) is -0.638. The Kier molecular flexibility index (Phi) is 4.40. The maximum Gasteiger partial charge on any atom is 0.261 e. The summed E-state index contributed by atoms with van der Waals surface area (Å²) in [5, 5.41) is 0.306. The number of hydrogen-bond acceptors (Lipinski definition) is 4. The van der Waals surface area contributed by atoms with Gasteiger partial charge >= 0.3 is 0 Å². The lowest BCUT2D eigenvalue weighted by atomic mass is 10.2. The highest BCUT2D eigenvalue weighted by Crippen LogP contribution is 2.16. The molecule has 0 atom stereocenters. The van der Waals surface area contributed by atoms with Crippen LogP contribution in [0.1, 0.15) is 5.56 Å². The molecule has 0 saturated heterocycles. The average molecular weight is 361 g/mol. The Labute approximate surface area is 144 Å². The second-order valence-electron chi connectivity index (χ2n) is 5.77. The Morgan fingerprint density at radius 3 is 2.64 bits per heavy atom. The Hall–Kier alpha value is -2.58. The fourth-order valence-corrected chi connectivity index (χ4v) is 3.43. The van der Waals surface area contributed by atoms with Crippen LogP contribution in [0.3, 0.4) is 0 Å². The second kappa shape index (κ2) is 6.38. The van der Waals surface area contributed by atoms with E-state index in [4.69, 9.17) is 0 Å². The zero-order chi connectivity index (χ0) is 18.2. The molecule has 0 radical (unpaired) electrons. The van der Waals surface area contributed by atoms with Gasteiger partial charge in [-0.1, -0.05) is 12.1 Å². The molecule has 2 aromatic carbocycles. The monoisotopic (exact) mass is 361 g/mol. The summed E-state index contributed by atoms with van der Waals surface area (Å²) in [4.78, 5) is 16.8. The van der Waals surface area contributed by atoms with Gasteiger partial charge in [0.2, 0.25) is 10.0 Å². The number of sulfonamides is 1. The van der Waals surface area contributed by atoms with Crippen LogP contribution in [-0.2, 0) is 16.6 Å². The highest BCUT2D eigenvalue weighted by atomic mass is 32.2. The van der Waals surface area contributed by atoms with Crippen LogP contribution in [0.25, 0.3) is 10.9 Å². The molecule has 1 aromatic heterocycles. The molecule has 0 bridgehead atoms. The van der Waals surface area contributed by atoms with Crippen molar-refractivity contribution in [1.82, 2.24) is 13.9 Å². The summed E-state index contributed by atoms with van der Waals surface area (Å²) in [6, 6.07) is 10.2. The summed E-state index contributed by atoms with van der Waals surface area (Å²) in [5.41, 5.74) is 0.615. The van der Waals surface area contributed by atoms with E-state index in [9.17, 15) is 17.6 Å². The van der Waals surface area contributed by atoms with Gasteiger partial charge < -0.3 is 0 Å². The SMILES string of the molecule is CN(C)S(=O)(=O)c1cccc(Cn2cnc3cc(F)ccc3c2=O)c1.